The lowest BCUT2D eigenvalue weighted by Gasteiger charge is -2.15. The van der Waals surface area contributed by atoms with E-state index in [1.54, 1.807) is 0 Å². The number of carboxylic acid groups (broad SMARTS) is 1. The lowest BCUT2D eigenvalue weighted by molar-refractivity contribution is -0.121. The molecule has 2 fully saturated rings. The van der Waals surface area contributed by atoms with Gasteiger partial charge in [0.05, 0.1) is 17.8 Å². The summed E-state index contributed by atoms with van der Waals surface area (Å²) in [6, 6.07) is 20.8. The van der Waals surface area contributed by atoms with E-state index in [1.807, 2.05) is 60.7 Å². The number of H-pyrrole nitrogens is 2. The Kier molecular flexibility index (Phi) is 11.3. The second kappa shape index (κ2) is 17.0. The van der Waals surface area contributed by atoms with Crippen LogP contribution in [0.15, 0.2) is 78.9 Å². The highest BCUT2D eigenvalue weighted by molar-refractivity contribution is 5.97. The van der Waals surface area contributed by atoms with Gasteiger partial charge in [0.2, 0.25) is 11.8 Å². The molecule has 61 heavy (non-hydrogen) atoms. The molecule has 4 aliphatic rings. The average Bonchev–Trinajstić information content (AvgIpc) is 4.12. The second-order valence-corrected chi connectivity index (χ2v) is 15.4. The maximum Gasteiger partial charge on any atom is 0.375 e. The van der Waals surface area contributed by atoms with Crippen LogP contribution in [0.25, 0.3) is 0 Å². The normalized spacial score (nSPS) is 21.7. The van der Waals surface area contributed by atoms with Crippen molar-refractivity contribution in [3.05, 3.63) is 159 Å². The van der Waals surface area contributed by atoms with Gasteiger partial charge in [-0.2, -0.15) is 4.39 Å². The lowest BCUT2D eigenvalue weighted by Crippen LogP contribution is -2.43. The van der Waals surface area contributed by atoms with Gasteiger partial charge in [0.25, 0.3) is 11.7 Å². The first kappa shape index (κ1) is 40.8. The number of amides is 1. The van der Waals surface area contributed by atoms with Gasteiger partial charge < -0.3 is 16.2 Å². The highest BCUT2D eigenvalue weighted by Crippen LogP contribution is 2.53. The summed E-state index contributed by atoms with van der Waals surface area (Å²) in [5.41, 5.74) is 9.20. The molecule has 6 atom stereocenters. The molecule has 6 N–H and O–H groups in total. The highest BCUT2D eigenvalue weighted by atomic mass is 19.1. The Bertz CT molecular complexity index is 2640. The average molecular weight is 836 g/mol. The summed E-state index contributed by atoms with van der Waals surface area (Å²) in [4.78, 5) is 59.3. The molecular weight excluding hydrogens is 799 g/mol. The molecule has 2 saturated carbocycles. The number of ketones is 2. The summed E-state index contributed by atoms with van der Waals surface area (Å²) < 4.78 is 54.4. The topological polar surface area (TPSA) is 223 Å². The third-order valence-electron chi connectivity index (χ3n) is 11.2. The Labute approximate surface area is 344 Å². The Balaban J connectivity index is 0.000000139. The van der Waals surface area contributed by atoms with Crippen molar-refractivity contribution >= 4 is 23.4 Å². The molecule has 0 radical (unpaired) electrons. The Morgan fingerprint density at radius 2 is 1.30 bits per heavy atom. The van der Waals surface area contributed by atoms with Crippen LogP contribution in [0.5, 0.6) is 0 Å². The molecule has 0 spiro atoms. The van der Waals surface area contributed by atoms with Crippen LogP contribution in [-0.4, -0.2) is 76.0 Å². The first-order chi connectivity index (χ1) is 29.3. The van der Waals surface area contributed by atoms with Crippen LogP contribution in [0.3, 0.4) is 0 Å². The fourth-order valence-electron chi connectivity index (χ4n) is 7.99. The number of hydrogen-bond acceptors (Lipinski definition) is 10. The van der Waals surface area contributed by atoms with Crippen LogP contribution in [0.2, 0.25) is 0 Å². The number of hydrogen-bond donors (Lipinski definition) is 5. The third-order valence-corrected chi connectivity index (χ3v) is 11.2. The predicted octanol–water partition coefficient (Wildman–Crippen LogP) is 4.71. The number of Topliss-reactive ketones (excluding diaryl/α,β-unsaturated/α-hetero) is 2. The summed E-state index contributed by atoms with van der Waals surface area (Å²) in [6.07, 6.45) is 2.11. The van der Waals surface area contributed by atoms with E-state index in [4.69, 9.17) is 10.8 Å². The van der Waals surface area contributed by atoms with Crippen LogP contribution < -0.4 is 11.1 Å². The number of nitrogens with two attached hydrogens (primary N) is 1. The molecular formula is C43H37F4N9O5. The number of rotatable bonds is 7. The summed E-state index contributed by atoms with van der Waals surface area (Å²) in [6.45, 7) is 0. The minimum atomic E-state index is -1.12. The minimum Gasteiger partial charge on any atom is -0.475 e. The summed E-state index contributed by atoms with van der Waals surface area (Å²) in [5, 5.41) is 24.2. The maximum absolute atomic E-state index is 14.2. The number of halogens is 4. The minimum absolute atomic E-state index is 0.0162. The standard InChI is InChI=1S/C22H18F2N4O2.C11H10F2N2O.C10H9N3O2/c23-12-7-13-14-9-16(14)20(18(29)10-15(13)17(24)8-12)26-22(30)21-25-19(27-28-21)6-11-4-2-1-3-5-11;12-7-3-9(13)15-11-5-1-4(5)10(14)8(16)2-6(7)11;14-10(15)9-11-8(12-13-9)6-7-4-2-1-3-5-7/h1-5,7-8,14,16,20H,6,9-10H2,(H,26,30)(H,25,27,28);3-5,10H,1-2,14H2;1-5H,6H2,(H,14,15)(H,11,12,13)/t14-,16?,20-;4-,5+,10-;/m00./s1. The van der Waals surface area contributed by atoms with E-state index in [1.165, 1.54) is 6.07 Å². The molecule has 312 valence electrons. The molecule has 14 nitrogen and oxygen atoms in total. The van der Waals surface area contributed by atoms with Crippen molar-refractivity contribution in [1.82, 2.24) is 40.7 Å². The molecule has 10 rings (SSSR count). The number of aromatic carboxylic acids is 1. The third kappa shape index (κ3) is 9.13. The second-order valence-electron chi connectivity index (χ2n) is 15.4. The van der Waals surface area contributed by atoms with E-state index in [0.717, 1.165) is 23.3 Å². The van der Waals surface area contributed by atoms with E-state index in [9.17, 15) is 36.7 Å². The monoisotopic (exact) mass is 835 g/mol. The molecule has 3 heterocycles. The zero-order valence-electron chi connectivity index (χ0n) is 32.1. The van der Waals surface area contributed by atoms with Crippen molar-refractivity contribution in [1.29, 1.82) is 0 Å². The molecule has 0 bridgehead atoms. The molecule has 3 aromatic heterocycles. The van der Waals surface area contributed by atoms with Gasteiger partial charge in [-0.1, -0.05) is 60.7 Å². The lowest BCUT2D eigenvalue weighted by atomic mass is 9.99. The zero-order chi connectivity index (χ0) is 42.9. The molecule has 6 aromatic rings. The highest BCUT2D eigenvalue weighted by Gasteiger charge is 2.51. The van der Waals surface area contributed by atoms with E-state index >= 15 is 0 Å². The number of nitrogens with one attached hydrogen (secondary N) is 3. The predicted molar refractivity (Wildman–Crippen MR) is 207 cm³/mol. The van der Waals surface area contributed by atoms with Crippen LogP contribution >= 0.6 is 0 Å². The fourth-order valence-corrected chi connectivity index (χ4v) is 7.99. The summed E-state index contributed by atoms with van der Waals surface area (Å²) >= 11 is 0. The molecule has 3 aromatic carbocycles. The fraction of sp³-hybridized carbons (Fsp3) is 0.279. The Morgan fingerprint density at radius 1 is 0.721 bits per heavy atom. The number of carboxylic acids is 1. The summed E-state index contributed by atoms with van der Waals surface area (Å²) in [7, 11) is 0. The number of carbonyl (C=O) groups is 4. The molecule has 4 aliphatic carbocycles. The van der Waals surface area contributed by atoms with Crippen molar-refractivity contribution < 1.29 is 41.8 Å². The number of aromatic nitrogens is 7. The van der Waals surface area contributed by atoms with Crippen molar-refractivity contribution in [2.45, 2.75) is 62.4 Å². The number of carbonyl (C=O) groups excluding carboxylic acids is 3. The van der Waals surface area contributed by atoms with Gasteiger partial charge in [-0.3, -0.25) is 24.6 Å². The summed E-state index contributed by atoms with van der Waals surface area (Å²) in [5.74, 6) is -4.53. The molecule has 0 saturated heterocycles. The Hall–Kier alpha value is -6.95. The number of benzene rings is 3. The Morgan fingerprint density at radius 3 is 1.92 bits per heavy atom. The van der Waals surface area contributed by atoms with Crippen molar-refractivity contribution in [3.8, 4) is 0 Å². The number of nitrogens with zero attached hydrogens (tertiary/aromatic N) is 5. The molecule has 1 unspecified atom stereocenters. The van der Waals surface area contributed by atoms with Crippen LogP contribution in [-0.2, 0) is 35.3 Å². The van der Waals surface area contributed by atoms with E-state index in [2.05, 4.69) is 40.7 Å². The van der Waals surface area contributed by atoms with Crippen LogP contribution in [0.4, 0.5) is 17.6 Å². The molecule has 1 amide bonds. The number of pyridine rings is 1. The maximum atomic E-state index is 14.2. The largest absolute Gasteiger partial charge is 0.475 e. The molecule has 18 heteroatoms. The van der Waals surface area contributed by atoms with Gasteiger partial charge >= 0.3 is 5.97 Å². The first-order valence-electron chi connectivity index (χ1n) is 19.4. The SMILES string of the molecule is N[C@@H]1C(=O)Cc2c(F)cc(F)nc2[C@@H]2C[C@H]12.O=C(N[C@@H]1C(=O)Cc2c(F)cc(F)cc2[C@@H]2CC12)c1n[nH]c(Cc2ccccc2)n1.O=C(O)c1n[nH]c(Cc2ccccc2)n1. The number of fused-ring (bicyclic) bond motifs is 6. The van der Waals surface area contributed by atoms with Gasteiger partial charge in [-0.25, -0.2) is 32.9 Å². The first-order valence-corrected chi connectivity index (χ1v) is 19.4. The van der Waals surface area contributed by atoms with Crippen LogP contribution in [0, 0.1) is 35.2 Å². The van der Waals surface area contributed by atoms with E-state index in [0.29, 0.717) is 48.6 Å². The van der Waals surface area contributed by atoms with Gasteiger partial charge in [0, 0.05) is 49.3 Å². The quantitative estimate of drug-likeness (QED) is 0.109. The molecule has 0 aliphatic heterocycles. The zero-order valence-corrected chi connectivity index (χ0v) is 32.1. The van der Waals surface area contributed by atoms with E-state index in [-0.39, 0.29) is 70.9 Å². The van der Waals surface area contributed by atoms with Gasteiger partial charge in [-0.15, -0.1) is 10.2 Å². The van der Waals surface area contributed by atoms with E-state index < -0.39 is 47.4 Å². The smallest absolute Gasteiger partial charge is 0.375 e. The van der Waals surface area contributed by atoms with Crippen molar-refractivity contribution in [3.63, 3.8) is 0 Å². The van der Waals surface area contributed by atoms with Gasteiger partial charge in [0.15, 0.2) is 11.6 Å². The van der Waals surface area contributed by atoms with Gasteiger partial charge in [0.1, 0.15) is 29.1 Å². The van der Waals surface area contributed by atoms with Gasteiger partial charge in [-0.05, 0) is 58.9 Å². The van der Waals surface area contributed by atoms with Crippen molar-refractivity contribution in [2.75, 3.05) is 0 Å². The van der Waals surface area contributed by atoms with Crippen LogP contribution in [0.1, 0.15) is 91.1 Å². The number of aromatic amines is 2. The van der Waals surface area contributed by atoms with Crippen molar-refractivity contribution in [2.24, 2.45) is 17.6 Å².